The Bertz CT molecular complexity index is 880. The van der Waals surface area contributed by atoms with Gasteiger partial charge in [0.05, 0.1) is 5.75 Å². The summed E-state index contributed by atoms with van der Waals surface area (Å²) in [5, 5.41) is 0.795. The molecule has 2 aromatic carbocycles. The van der Waals surface area contributed by atoms with E-state index in [0.717, 1.165) is 31.7 Å². The smallest absolute Gasteiger partial charge is 0.236 e. The zero-order chi connectivity index (χ0) is 19.4. The number of nitrogens with one attached hydrogen (secondary N) is 1. The van der Waals surface area contributed by atoms with E-state index in [1.807, 2.05) is 0 Å². The average Bonchev–Trinajstić information content (AvgIpc) is 2.61. The highest BCUT2D eigenvalue weighted by molar-refractivity contribution is 7.91. The maximum absolute atomic E-state index is 12.4. The molecule has 0 unspecified atom stereocenters. The fourth-order valence-electron chi connectivity index (χ4n) is 2.96. The molecule has 1 aliphatic heterocycles. The van der Waals surface area contributed by atoms with E-state index >= 15 is 0 Å². The molecule has 5 nitrogen and oxygen atoms in total. The van der Waals surface area contributed by atoms with Crippen LogP contribution in [0.5, 0.6) is 5.75 Å². The Balaban J connectivity index is 1.59. The van der Waals surface area contributed by atoms with Crippen LogP contribution in [-0.2, 0) is 15.8 Å². The molecule has 0 saturated carbocycles. The first-order valence-corrected chi connectivity index (χ1v) is 11.1. The monoisotopic (exact) mass is 428 g/mol. The van der Waals surface area contributed by atoms with E-state index in [9.17, 15) is 8.42 Å². The minimum absolute atomic E-state index is 0.204. The predicted octanol–water partition coefficient (Wildman–Crippen LogP) is 4.41. The lowest BCUT2D eigenvalue weighted by Gasteiger charge is -2.29. The van der Waals surface area contributed by atoms with Crippen LogP contribution in [0.1, 0.15) is 18.4 Å². The van der Waals surface area contributed by atoms with Gasteiger partial charge in [-0.2, -0.15) is 0 Å². The van der Waals surface area contributed by atoms with Gasteiger partial charge in [-0.3, -0.25) is 4.72 Å². The minimum atomic E-state index is -3.59. The highest BCUT2D eigenvalue weighted by atomic mass is 35.5. The highest BCUT2D eigenvalue weighted by Gasteiger charge is 2.18. The van der Waals surface area contributed by atoms with Crippen LogP contribution in [0.25, 0.3) is 0 Å². The molecule has 0 spiro atoms. The molecular weight excluding hydrogens is 407 g/mol. The Morgan fingerprint density at radius 2 is 1.78 bits per heavy atom. The van der Waals surface area contributed by atoms with Crippen LogP contribution in [0, 0.1) is 0 Å². The fourth-order valence-corrected chi connectivity index (χ4v) is 4.74. The Morgan fingerprint density at radius 1 is 1.11 bits per heavy atom. The zero-order valence-electron chi connectivity index (χ0n) is 15.0. The largest absolute Gasteiger partial charge is 0.490 e. The van der Waals surface area contributed by atoms with Crippen LogP contribution in [0.3, 0.4) is 0 Å². The Kier molecular flexibility index (Phi) is 6.52. The van der Waals surface area contributed by atoms with E-state index in [0.29, 0.717) is 21.3 Å². The summed E-state index contributed by atoms with van der Waals surface area (Å²) in [5.41, 5.74) is 0.978. The quantitative estimate of drug-likeness (QED) is 0.739. The van der Waals surface area contributed by atoms with Crippen LogP contribution in [0.2, 0.25) is 10.0 Å². The summed E-state index contributed by atoms with van der Waals surface area (Å²) < 4.78 is 33.3. The number of piperidine rings is 1. The molecule has 0 aliphatic carbocycles. The van der Waals surface area contributed by atoms with Gasteiger partial charge in [-0.25, -0.2) is 8.42 Å². The van der Waals surface area contributed by atoms with Crippen molar-refractivity contribution in [2.75, 3.05) is 24.9 Å². The van der Waals surface area contributed by atoms with E-state index in [4.69, 9.17) is 27.9 Å². The lowest BCUT2D eigenvalue weighted by molar-refractivity contribution is 0.114. The van der Waals surface area contributed by atoms with Gasteiger partial charge >= 0.3 is 0 Å². The first-order chi connectivity index (χ1) is 12.8. The maximum atomic E-state index is 12.4. The summed E-state index contributed by atoms with van der Waals surface area (Å²) in [6.45, 7) is 2.05. The van der Waals surface area contributed by atoms with Crippen molar-refractivity contribution >= 4 is 38.9 Å². The molecule has 27 heavy (non-hydrogen) atoms. The van der Waals surface area contributed by atoms with Crippen LogP contribution in [0.4, 0.5) is 5.69 Å². The van der Waals surface area contributed by atoms with Crippen molar-refractivity contribution in [1.82, 2.24) is 4.90 Å². The number of nitrogens with zero attached hydrogens (tertiary/aromatic N) is 1. The van der Waals surface area contributed by atoms with Crippen molar-refractivity contribution in [3.63, 3.8) is 0 Å². The van der Waals surface area contributed by atoms with E-state index < -0.39 is 10.0 Å². The van der Waals surface area contributed by atoms with Crippen molar-refractivity contribution < 1.29 is 13.2 Å². The number of halogens is 2. The standard InChI is InChI=1S/C19H22Cl2N2O3S/c1-23-10-8-18(9-11-23)26-17-6-4-16(5-7-17)22-27(24,25)13-14-2-3-15(20)12-19(14)21/h2-7,12,18,22H,8-11,13H2,1H3. The molecule has 1 N–H and O–H groups in total. The molecular formula is C19H22Cl2N2O3S. The van der Waals surface area contributed by atoms with E-state index in [1.54, 1.807) is 36.4 Å². The van der Waals surface area contributed by atoms with Gasteiger partial charge in [-0.05, 0) is 61.9 Å². The van der Waals surface area contributed by atoms with Gasteiger partial charge in [0.1, 0.15) is 11.9 Å². The second-order valence-corrected chi connectivity index (χ2v) is 9.31. The van der Waals surface area contributed by atoms with Crippen LogP contribution >= 0.6 is 23.2 Å². The number of ether oxygens (including phenoxy) is 1. The van der Waals surface area contributed by atoms with Crippen molar-refractivity contribution in [3.8, 4) is 5.75 Å². The van der Waals surface area contributed by atoms with Crippen LogP contribution in [0.15, 0.2) is 42.5 Å². The third-order valence-corrected chi connectivity index (χ3v) is 6.28. The topological polar surface area (TPSA) is 58.6 Å². The normalized spacial score (nSPS) is 16.3. The Labute approximate surface area is 170 Å². The molecule has 0 amide bonds. The lowest BCUT2D eigenvalue weighted by Crippen LogP contribution is -2.35. The second kappa shape index (κ2) is 8.69. The molecule has 0 radical (unpaired) electrons. The Hall–Kier alpha value is -1.47. The number of hydrogen-bond donors (Lipinski definition) is 1. The van der Waals surface area contributed by atoms with Crippen molar-refractivity contribution in [3.05, 3.63) is 58.1 Å². The van der Waals surface area contributed by atoms with Crippen molar-refractivity contribution in [2.45, 2.75) is 24.7 Å². The third kappa shape index (κ3) is 6.01. The second-order valence-electron chi connectivity index (χ2n) is 6.74. The summed E-state index contributed by atoms with van der Waals surface area (Å²) in [6.07, 6.45) is 2.19. The molecule has 2 aromatic rings. The molecule has 0 bridgehead atoms. The molecule has 1 heterocycles. The molecule has 0 aromatic heterocycles. The molecule has 0 atom stereocenters. The third-order valence-electron chi connectivity index (χ3n) is 4.46. The summed E-state index contributed by atoms with van der Waals surface area (Å²) in [5.74, 6) is 0.518. The number of hydrogen-bond acceptors (Lipinski definition) is 4. The van der Waals surface area contributed by atoms with E-state index in [-0.39, 0.29) is 11.9 Å². The molecule has 1 fully saturated rings. The fraction of sp³-hybridized carbons (Fsp3) is 0.368. The average molecular weight is 429 g/mol. The maximum Gasteiger partial charge on any atom is 0.236 e. The summed E-state index contributed by atoms with van der Waals surface area (Å²) in [6, 6.07) is 11.7. The molecule has 146 valence electrons. The summed E-state index contributed by atoms with van der Waals surface area (Å²) in [7, 11) is -1.49. The number of sulfonamides is 1. The van der Waals surface area contributed by atoms with Gasteiger partial charge in [0, 0.05) is 28.8 Å². The minimum Gasteiger partial charge on any atom is -0.490 e. The number of benzene rings is 2. The van der Waals surface area contributed by atoms with Gasteiger partial charge in [0.15, 0.2) is 0 Å². The summed E-state index contributed by atoms with van der Waals surface area (Å²) >= 11 is 11.9. The Morgan fingerprint density at radius 3 is 2.41 bits per heavy atom. The van der Waals surface area contributed by atoms with Gasteiger partial charge in [0.2, 0.25) is 10.0 Å². The number of likely N-dealkylation sites (tertiary alicyclic amines) is 1. The molecule has 1 saturated heterocycles. The molecule has 3 rings (SSSR count). The van der Waals surface area contributed by atoms with Gasteiger partial charge in [-0.1, -0.05) is 29.3 Å². The number of anilines is 1. The SMILES string of the molecule is CN1CCC(Oc2ccc(NS(=O)(=O)Cc3ccc(Cl)cc3Cl)cc2)CC1. The van der Waals surface area contributed by atoms with E-state index in [2.05, 4.69) is 16.7 Å². The van der Waals surface area contributed by atoms with Crippen molar-refractivity contribution in [2.24, 2.45) is 0 Å². The zero-order valence-corrected chi connectivity index (χ0v) is 17.3. The van der Waals surface area contributed by atoms with Gasteiger partial charge in [0.25, 0.3) is 0 Å². The highest BCUT2D eigenvalue weighted by Crippen LogP contribution is 2.25. The van der Waals surface area contributed by atoms with Gasteiger partial charge in [-0.15, -0.1) is 0 Å². The predicted molar refractivity (Wildman–Crippen MR) is 110 cm³/mol. The number of rotatable bonds is 6. The van der Waals surface area contributed by atoms with Crippen LogP contribution in [-0.4, -0.2) is 39.6 Å². The molecule has 8 heteroatoms. The van der Waals surface area contributed by atoms with E-state index in [1.165, 1.54) is 6.07 Å². The van der Waals surface area contributed by atoms with Gasteiger partial charge < -0.3 is 9.64 Å². The first kappa shape index (κ1) is 20.3. The lowest BCUT2D eigenvalue weighted by atomic mass is 10.1. The summed E-state index contributed by atoms with van der Waals surface area (Å²) in [4.78, 5) is 2.28. The molecule has 1 aliphatic rings. The van der Waals surface area contributed by atoms with Crippen molar-refractivity contribution in [1.29, 1.82) is 0 Å². The van der Waals surface area contributed by atoms with Crippen LogP contribution < -0.4 is 9.46 Å². The first-order valence-electron chi connectivity index (χ1n) is 8.70.